The molecule has 2 aromatic rings. The summed E-state index contributed by atoms with van der Waals surface area (Å²) in [5, 5.41) is 22.7. The van der Waals surface area contributed by atoms with Crippen molar-refractivity contribution >= 4 is 5.88 Å². The van der Waals surface area contributed by atoms with Gasteiger partial charge in [0.1, 0.15) is 11.5 Å². The van der Waals surface area contributed by atoms with E-state index < -0.39 is 0 Å². The van der Waals surface area contributed by atoms with Crippen LogP contribution in [0, 0.1) is 6.92 Å². The highest BCUT2D eigenvalue weighted by molar-refractivity contribution is 5.78. The van der Waals surface area contributed by atoms with E-state index in [2.05, 4.69) is 5.16 Å². The van der Waals surface area contributed by atoms with Crippen LogP contribution in [0.5, 0.6) is 11.5 Å². The van der Waals surface area contributed by atoms with Gasteiger partial charge in [-0.3, -0.25) is 0 Å². The minimum Gasteiger partial charge on any atom is -0.508 e. The first-order chi connectivity index (χ1) is 7.11. The van der Waals surface area contributed by atoms with Gasteiger partial charge in [0.25, 0.3) is 0 Å². The summed E-state index contributed by atoms with van der Waals surface area (Å²) in [5.74, 6) is 0.145. The number of hydrogen-bond acceptors (Lipinski definition) is 5. The molecule has 4 N–H and O–H groups in total. The maximum atomic E-state index is 9.79. The monoisotopic (exact) mass is 206 g/mol. The van der Waals surface area contributed by atoms with Crippen molar-refractivity contribution in [3.8, 4) is 22.6 Å². The van der Waals surface area contributed by atoms with Crippen LogP contribution in [0.3, 0.4) is 0 Å². The van der Waals surface area contributed by atoms with E-state index in [4.69, 9.17) is 10.3 Å². The molecule has 0 unspecified atom stereocenters. The van der Waals surface area contributed by atoms with Crippen molar-refractivity contribution in [1.29, 1.82) is 0 Å². The second-order valence-corrected chi connectivity index (χ2v) is 3.21. The number of phenols is 2. The minimum atomic E-state index is -0.0232. The van der Waals surface area contributed by atoms with Gasteiger partial charge in [0.15, 0.2) is 0 Å². The van der Waals surface area contributed by atoms with Gasteiger partial charge in [-0.25, -0.2) is 0 Å². The first kappa shape index (κ1) is 9.39. The molecule has 0 fully saturated rings. The van der Waals surface area contributed by atoms with Gasteiger partial charge in [0.2, 0.25) is 5.88 Å². The molecule has 0 spiro atoms. The number of phenolic OH excluding ortho intramolecular Hbond substituents is 2. The molecule has 5 nitrogen and oxygen atoms in total. The predicted octanol–water partition coefficient (Wildman–Crippen LogP) is 1.64. The fourth-order valence-electron chi connectivity index (χ4n) is 1.36. The highest BCUT2D eigenvalue weighted by Gasteiger charge is 2.14. The van der Waals surface area contributed by atoms with Crippen LogP contribution >= 0.6 is 0 Å². The molecule has 0 aliphatic carbocycles. The third kappa shape index (κ3) is 1.38. The maximum Gasteiger partial charge on any atom is 0.230 e. The number of anilines is 1. The van der Waals surface area contributed by atoms with Crippen molar-refractivity contribution in [2.75, 3.05) is 5.73 Å². The molecular weight excluding hydrogens is 196 g/mol. The fraction of sp³-hybridized carbons (Fsp3) is 0.100. The molecular formula is C10H10N2O3. The summed E-state index contributed by atoms with van der Waals surface area (Å²) in [6.45, 7) is 1.61. The number of aromatic nitrogens is 1. The highest BCUT2D eigenvalue weighted by atomic mass is 16.5. The zero-order chi connectivity index (χ0) is 11.0. The Balaban J connectivity index is 2.65. The molecule has 15 heavy (non-hydrogen) atoms. The second kappa shape index (κ2) is 3.20. The zero-order valence-corrected chi connectivity index (χ0v) is 8.06. The Kier molecular flexibility index (Phi) is 2.00. The molecule has 0 aliphatic heterocycles. The molecule has 1 aromatic heterocycles. The summed E-state index contributed by atoms with van der Waals surface area (Å²) < 4.78 is 4.70. The molecule has 5 heteroatoms. The third-order valence-corrected chi connectivity index (χ3v) is 2.29. The Bertz CT molecular complexity index is 505. The summed E-state index contributed by atoms with van der Waals surface area (Å²) in [4.78, 5) is 0. The average Bonchev–Trinajstić information content (AvgIpc) is 2.62. The Morgan fingerprint density at radius 1 is 1.27 bits per heavy atom. The Hall–Kier alpha value is -2.17. The Morgan fingerprint density at radius 3 is 2.60 bits per heavy atom. The van der Waals surface area contributed by atoms with Crippen LogP contribution in [-0.4, -0.2) is 15.4 Å². The largest absolute Gasteiger partial charge is 0.508 e. The SMILES string of the molecule is Cc1c(O)ccc(-c2cnoc2N)c1O. The molecule has 1 aromatic carbocycles. The lowest BCUT2D eigenvalue weighted by Crippen LogP contribution is -1.87. The number of nitrogens with two attached hydrogens (primary N) is 1. The summed E-state index contributed by atoms with van der Waals surface area (Å²) in [7, 11) is 0. The highest BCUT2D eigenvalue weighted by Crippen LogP contribution is 2.38. The van der Waals surface area contributed by atoms with E-state index in [1.54, 1.807) is 13.0 Å². The van der Waals surface area contributed by atoms with Gasteiger partial charge in [0, 0.05) is 11.1 Å². The fourth-order valence-corrected chi connectivity index (χ4v) is 1.36. The summed E-state index contributed by atoms with van der Waals surface area (Å²) in [6, 6.07) is 3.04. The van der Waals surface area contributed by atoms with Gasteiger partial charge >= 0.3 is 0 Å². The first-order valence-electron chi connectivity index (χ1n) is 4.33. The molecule has 78 valence electrons. The quantitative estimate of drug-likeness (QED) is 0.659. The van der Waals surface area contributed by atoms with Crippen molar-refractivity contribution in [2.24, 2.45) is 0 Å². The lowest BCUT2D eigenvalue weighted by molar-refractivity contribution is 0.436. The van der Waals surface area contributed by atoms with Gasteiger partial charge in [0.05, 0.1) is 11.8 Å². The van der Waals surface area contributed by atoms with E-state index in [-0.39, 0.29) is 17.4 Å². The third-order valence-electron chi connectivity index (χ3n) is 2.29. The van der Waals surface area contributed by atoms with Crippen molar-refractivity contribution in [2.45, 2.75) is 6.92 Å². The van der Waals surface area contributed by atoms with Crippen molar-refractivity contribution in [3.63, 3.8) is 0 Å². The standard InChI is InChI=1S/C10H10N2O3/c1-5-8(13)3-2-6(9(5)14)7-4-12-15-10(7)11/h2-4,13-14H,11H2,1H3. The zero-order valence-electron chi connectivity index (χ0n) is 8.06. The van der Waals surface area contributed by atoms with Gasteiger partial charge in [-0.15, -0.1) is 0 Å². The van der Waals surface area contributed by atoms with Crippen LogP contribution in [0.4, 0.5) is 5.88 Å². The van der Waals surface area contributed by atoms with Crippen molar-refractivity contribution in [1.82, 2.24) is 5.16 Å². The number of rotatable bonds is 1. The van der Waals surface area contributed by atoms with Crippen molar-refractivity contribution in [3.05, 3.63) is 23.9 Å². The molecule has 0 radical (unpaired) electrons. The number of aromatic hydroxyl groups is 2. The number of hydrogen-bond donors (Lipinski definition) is 3. The maximum absolute atomic E-state index is 9.79. The van der Waals surface area contributed by atoms with Gasteiger partial charge < -0.3 is 20.5 Å². The lowest BCUT2D eigenvalue weighted by Gasteiger charge is -2.06. The Morgan fingerprint density at radius 2 is 2.00 bits per heavy atom. The number of nitrogens with zero attached hydrogens (tertiary/aromatic N) is 1. The predicted molar refractivity (Wildman–Crippen MR) is 54.4 cm³/mol. The molecule has 0 saturated carbocycles. The molecule has 0 saturated heterocycles. The van der Waals surface area contributed by atoms with Crippen LogP contribution in [0.1, 0.15) is 5.56 Å². The summed E-state index contributed by atoms with van der Waals surface area (Å²) >= 11 is 0. The normalized spacial score (nSPS) is 10.5. The average molecular weight is 206 g/mol. The van der Waals surface area contributed by atoms with Gasteiger partial charge in [-0.1, -0.05) is 5.16 Å². The molecule has 0 amide bonds. The van der Waals surface area contributed by atoms with Crippen molar-refractivity contribution < 1.29 is 14.7 Å². The van der Waals surface area contributed by atoms with Crippen LogP contribution < -0.4 is 5.73 Å². The number of nitrogen functional groups attached to an aromatic ring is 1. The van der Waals surface area contributed by atoms with E-state index in [0.29, 0.717) is 16.7 Å². The number of benzene rings is 1. The molecule has 1 heterocycles. The van der Waals surface area contributed by atoms with Gasteiger partial charge in [-0.05, 0) is 19.1 Å². The molecule has 0 atom stereocenters. The topological polar surface area (TPSA) is 92.5 Å². The van der Waals surface area contributed by atoms with E-state index in [9.17, 15) is 10.2 Å². The lowest BCUT2D eigenvalue weighted by atomic mass is 10.0. The van der Waals surface area contributed by atoms with Gasteiger partial charge in [-0.2, -0.15) is 0 Å². The van der Waals surface area contributed by atoms with Crippen LogP contribution in [0.25, 0.3) is 11.1 Å². The summed E-state index contributed by atoms with van der Waals surface area (Å²) in [5.41, 5.74) is 6.92. The minimum absolute atomic E-state index is 0.0232. The summed E-state index contributed by atoms with van der Waals surface area (Å²) in [6.07, 6.45) is 1.42. The smallest absolute Gasteiger partial charge is 0.230 e. The van der Waals surface area contributed by atoms with E-state index in [1.807, 2.05) is 0 Å². The molecule has 0 aliphatic rings. The Labute approximate surface area is 85.7 Å². The molecule has 2 rings (SSSR count). The first-order valence-corrected chi connectivity index (χ1v) is 4.33. The van der Waals surface area contributed by atoms with E-state index >= 15 is 0 Å². The van der Waals surface area contributed by atoms with E-state index in [0.717, 1.165) is 0 Å². The van der Waals surface area contributed by atoms with Crippen LogP contribution in [-0.2, 0) is 0 Å². The van der Waals surface area contributed by atoms with Crippen LogP contribution in [0.2, 0.25) is 0 Å². The van der Waals surface area contributed by atoms with E-state index in [1.165, 1.54) is 12.3 Å². The second-order valence-electron chi connectivity index (χ2n) is 3.21. The van der Waals surface area contributed by atoms with Crippen LogP contribution in [0.15, 0.2) is 22.9 Å². The molecule has 0 bridgehead atoms.